The highest BCUT2D eigenvalue weighted by Crippen LogP contribution is 2.14. The van der Waals surface area contributed by atoms with Crippen molar-refractivity contribution in [1.82, 2.24) is 5.32 Å². The number of carbonyl (C=O) groups is 2. The lowest BCUT2D eigenvalue weighted by molar-refractivity contribution is -0.384. The first-order valence-corrected chi connectivity index (χ1v) is 6.08. The molecule has 0 unspecified atom stereocenters. The Morgan fingerprint density at radius 1 is 1.23 bits per heavy atom. The topological polar surface area (TPSA) is 128 Å². The summed E-state index contributed by atoms with van der Waals surface area (Å²) in [5.74, 6) is -1.45. The highest BCUT2D eigenvalue weighted by molar-refractivity contribution is 6.03. The number of benzene rings is 1. The zero-order valence-electron chi connectivity index (χ0n) is 11.2. The number of hydrogen-bond acceptors (Lipinski definition) is 5. The van der Waals surface area contributed by atoms with E-state index in [1.165, 1.54) is 48.7 Å². The molecule has 0 atom stereocenters. The van der Waals surface area contributed by atoms with Crippen molar-refractivity contribution in [2.24, 2.45) is 5.73 Å². The molecule has 1 aromatic carbocycles. The van der Waals surface area contributed by atoms with Crippen LogP contribution in [0.1, 0.15) is 16.1 Å². The molecule has 22 heavy (non-hydrogen) atoms. The maximum Gasteiger partial charge on any atom is 0.291 e. The van der Waals surface area contributed by atoms with Crippen LogP contribution >= 0.6 is 0 Å². The third-order valence-corrected chi connectivity index (χ3v) is 2.67. The number of non-ortho nitro benzene ring substituents is 1. The smallest absolute Gasteiger partial charge is 0.291 e. The van der Waals surface area contributed by atoms with Gasteiger partial charge in [0, 0.05) is 12.1 Å². The van der Waals surface area contributed by atoms with E-state index in [2.05, 4.69) is 5.32 Å². The number of carbonyl (C=O) groups excluding carboxylic acids is 2. The molecule has 0 spiro atoms. The van der Waals surface area contributed by atoms with Gasteiger partial charge in [0.15, 0.2) is 5.76 Å². The molecule has 0 saturated heterocycles. The molecule has 0 aliphatic heterocycles. The average molecular weight is 301 g/mol. The molecule has 8 heteroatoms. The van der Waals surface area contributed by atoms with Gasteiger partial charge >= 0.3 is 0 Å². The third kappa shape index (κ3) is 3.57. The summed E-state index contributed by atoms with van der Waals surface area (Å²) in [5.41, 5.74) is 5.43. The third-order valence-electron chi connectivity index (χ3n) is 2.67. The first-order valence-electron chi connectivity index (χ1n) is 6.08. The number of nitrogens with one attached hydrogen (secondary N) is 1. The molecule has 2 rings (SSSR count). The molecule has 2 amide bonds. The fraction of sp³-hybridized carbons (Fsp3) is 0. The van der Waals surface area contributed by atoms with Gasteiger partial charge < -0.3 is 15.5 Å². The van der Waals surface area contributed by atoms with Gasteiger partial charge in [0.25, 0.3) is 17.5 Å². The fourth-order valence-corrected chi connectivity index (χ4v) is 1.62. The van der Waals surface area contributed by atoms with Gasteiger partial charge in [-0.1, -0.05) is 0 Å². The standard InChI is InChI=1S/C14H11N3O5/c15-13(18)11(16-14(19)12-2-1-7-22-12)8-9-3-5-10(6-4-9)17(20)21/h1-8H,(H2,15,18)(H,16,19)/b11-8+. The van der Waals surface area contributed by atoms with Crippen molar-refractivity contribution < 1.29 is 18.9 Å². The van der Waals surface area contributed by atoms with Gasteiger partial charge in [0.05, 0.1) is 11.2 Å². The van der Waals surface area contributed by atoms with Crippen molar-refractivity contribution in [2.45, 2.75) is 0 Å². The molecule has 0 aliphatic carbocycles. The summed E-state index contributed by atoms with van der Waals surface area (Å²) in [6.45, 7) is 0. The van der Waals surface area contributed by atoms with E-state index in [1.54, 1.807) is 0 Å². The summed E-state index contributed by atoms with van der Waals surface area (Å²) in [4.78, 5) is 33.2. The average Bonchev–Trinajstić information content (AvgIpc) is 3.01. The molecular weight excluding hydrogens is 290 g/mol. The van der Waals surface area contributed by atoms with Crippen LogP contribution in [-0.2, 0) is 4.79 Å². The van der Waals surface area contributed by atoms with Crippen LogP contribution in [0.15, 0.2) is 52.8 Å². The summed E-state index contributed by atoms with van der Waals surface area (Å²) in [7, 11) is 0. The van der Waals surface area contributed by atoms with E-state index in [9.17, 15) is 19.7 Å². The van der Waals surface area contributed by atoms with Crippen molar-refractivity contribution in [3.63, 3.8) is 0 Å². The van der Waals surface area contributed by atoms with Crippen LogP contribution in [0.3, 0.4) is 0 Å². The minimum atomic E-state index is -0.849. The van der Waals surface area contributed by atoms with E-state index in [0.717, 1.165) is 0 Å². The van der Waals surface area contributed by atoms with Crippen LogP contribution in [-0.4, -0.2) is 16.7 Å². The van der Waals surface area contributed by atoms with Crippen LogP contribution in [0, 0.1) is 10.1 Å². The van der Waals surface area contributed by atoms with Crippen molar-refractivity contribution in [1.29, 1.82) is 0 Å². The van der Waals surface area contributed by atoms with Gasteiger partial charge in [-0.25, -0.2) is 0 Å². The Morgan fingerprint density at radius 2 is 1.91 bits per heavy atom. The highest BCUT2D eigenvalue weighted by Gasteiger charge is 2.14. The number of primary amides is 1. The molecule has 0 saturated carbocycles. The largest absolute Gasteiger partial charge is 0.459 e. The second-order valence-electron chi connectivity index (χ2n) is 4.20. The Labute approximate surface area is 124 Å². The Balaban J connectivity index is 2.21. The summed E-state index contributed by atoms with van der Waals surface area (Å²) >= 11 is 0. The molecule has 1 heterocycles. The maximum absolute atomic E-state index is 11.8. The molecule has 0 aliphatic rings. The van der Waals surface area contributed by atoms with E-state index >= 15 is 0 Å². The van der Waals surface area contributed by atoms with Crippen LogP contribution in [0.25, 0.3) is 6.08 Å². The zero-order valence-corrected chi connectivity index (χ0v) is 11.2. The Morgan fingerprint density at radius 3 is 2.41 bits per heavy atom. The van der Waals surface area contributed by atoms with E-state index in [1.807, 2.05) is 0 Å². The highest BCUT2D eigenvalue weighted by atomic mass is 16.6. The first-order chi connectivity index (χ1) is 10.5. The van der Waals surface area contributed by atoms with Crippen LogP contribution in [0.4, 0.5) is 5.69 Å². The van der Waals surface area contributed by atoms with Crippen LogP contribution in [0.2, 0.25) is 0 Å². The minimum absolute atomic E-state index is 0.0239. The molecule has 3 N–H and O–H groups in total. The molecule has 112 valence electrons. The van der Waals surface area contributed by atoms with Crippen LogP contribution in [0.5, 0.6) is 0 Å². The predicted octanol–water partition coefficient (Wildman–Crippen LogP) is 1.44. The summed E-state index contributed by atoms with van der Waals surface area (Å²) in [6, 6.07) is 8.37. The number of nitro benzene ring substituents is 1. The molecule has 0 fully saturated rings. The van der Waals surface area contributed by atoms with E-state index in [4.69, 9.17) is 10.2 Å². The lowest BCUT2D eigenvalue weighted by Gasteiger charge is -2.05. The Bertz CT molecular complexity index is 732. The van der Waals surface area contributed by atoms with Gasteiger partial charge in [-0.05, 0) is 35.9 Å². The fourth-order valence-electron chi connectivity index (χ4n) is 1.62. The first kappa shape index (κ1) is 15.0. The Hall–Kier alpha value is -3.42. The van der Waals surface area contributed by atoms with Gasteiger partial charge in [-0.3, -0.25) is 19.7 Å². The number of nitro groups is 1. The molecular formula is C14H11N3O5. The molecule has 2 aromatic rings. The normalized spacial score (nSPS) is 11.0. The van der Waals surface area contributed by atoms with Crippen molar-refractivity contribution >= 4 is 23.6 Å². The van der Waals surface area contributed by atoms with E-state index < -0.39 is 16.7 Å². The second-order valence-corrected chi connectivity index (χ2v) is 4.20. The maximum atomic E-state index is 11.8. The molecule has 8 nitrogen and oxygen atoms in total. The summed E-state index contributed by atoms with van der Waals surface area (Å²) in [6.07, 6.45) is 2.63. The summed E-state index contributed by atoms with van der Waals surface area (Å²) < 4.78 is 4.90. The number of nitrogens with zero attached hydrogens (tertiary/aromatic N) is 1. The Kier molecular flexibility index (Phi) is 4.33. The van der Waals surface area contributed by atoms with Crippen molar-refractivity contribution in [3.05, 3.63) is 69.8 Å². The van der Waals surface area contributed by atoms with E-state index in [0.29, 0.717) is 5.56 Å². The quantitative estimate of drug-likeness (QED) is 0.490. The van der Waals surface area contributed by atoms with Gasteiger partial charge in [-0.15, -0.1) is 0 Å². The zero-order chi connectivity index (χ0) is 16.1. The number of amides is 2. The number of hydrogen-bond donors (Lipinski definition) is 2. The van der Waals surface area contributed by atoms with E-state index in [-0.39, 0.29) is 17.1 Å². The SMILES string of the molecule is NC(=O)/C(=C\c1ccc([N+](=O)[O-])cc1)NC(=O)c1ccco1. The predicted molar refractivity (Wildman–Crippen MR) is 76.4 cm³/mol. The lowest BCUT2D eigenvalue weighted by atomic mass is 10.1. The monoisotopic (exact) mass is 301 g/mol. The van der Waals surface area contributed by atoms with Gasteiger partial charge in [0.2, 0.25) is 0 Å². The summed E-state index contributed by atoms with van der Waals surface area (Å²) in [5, 5.41) is 12.9. The number of rotatable bonds is 5. The van der Waals surface area contributed by atoms with Crippen molar-refractivity contribution in [3.8, 4) is 0 Å². The number of nitrogens with two attached hydrogens (primary N) is 1. The number of furan rings is 1. The molecule has 1 aromatic heterocycles. The van der Waals surface area contributed by atoms with Gasteiger partial charge in [0.1, 0.15) is 5.70 Å². The van der Waals surface area contributed by atoms with Crippen LogP contribution < -0.4 is 11.1 Å². The minimum Gasteiger partial charge on any atom is -0.459 e. The van der Waals surface area contributed by atoms with Gasteiger partial charge in [-0.2, -0.15) is 0 Å². The van der Waals surface area contributed by atoms with Crippen molar-refractivity contribution in [2.75, 3.05) is 0 Å². The second kappa shape index (κ2) is 6.35. The molecule has 0 bridgehead atoms. The lowest BCUT2D eigenvalue weighted by Crippen LogP contribution is -2.30. The molecule has 0 radical (unpaired) electrons.